The normalized spacial score (nSPS) is 16.8. The molecule has 2 aromatic heterocycles. The molecule has 7 nitrogen and oxygen atoms in total. The number of carbonyl (C=O) groups excluding carboxylic acids is 1. The van der Waals surface area contributed by atoms with Crippen LogP contribution in [0.25, 0.3) is 10.9 Å². The third kappa shape index (κ3) is 3.20. The fourth-order valence-electron chi connectivity index (χ4n) is 3.30. The summed E-state index contributed by atoms with van der Waals surface area (Å²) in [6.45, 7) is 3.96. The van der Waals surface area contributed by atoms with Crippen molar-refractivity contribution in [2.24, 2.45) is 0 Å². The SMILES string of the molecule is CCOc1nccnc1N1CC[C@@H](NC(=O)c2ccc3cc[nH]c3c2)C1. The number of H-pyrrole nitrogens is 1. The number of hydrogen-bond donors (Lipinski definition) is 2. The minimum atomic E-state index is -0.0578. The summed E-state index contributed by atoms with van der Waals surface area (Å²) in [7, 11) is 0. The fourth-order valence-corrected chi connectivity index (χ4v) is 3.30. The number of rotatable bonds is 5. The topological polar surface area (TPSA) is 83.1 Å². The van der Waals surface area contributed by atoms with Crippen LogP contribution in [0.4, 0.5) is 5.82 Å². The molecule has 1 amide bonds. The molecule has 1 saturated heterocycles. The van der Waals surface area contributed by atoms with E-state index < -0.39 is 0 Å². The Balaban J connectivity index is 1.43. The second-order valence-electron chi connectivity index (χ2n) is 6.30. The van der Waals surface area contributed by atoms with Crippen LogP contribution in [0.5, 0.6) is 5.88 Å². The average molecular weight is 351 g/mol. The Hall–Kier alpha value is -3.09. The number of anilines is 1. The van der Waals surface area contributed by atoms with Crippen LogP contribution in [-0.2, 0) is 0 Å². The van der Waals surface area contributed by atoms with E-state index in [1.807, 2.05) is 37.4 Å². The maximum atomic E-state index is 12.6. The molecule has 0 bridgehead atoms. The van der Waals surface area contributed by atoms with Gasteiger partial charge in [0.2, 0.25) is 0 Å². The van der Waals surface area contributed by atoms with Crippen molar-refractivity contribution in [1.82, 2.24) is 20.3 Å². The summed E-state index contributed by atoms with van der Waals surface area (Å²) >= 11 is 0. The van der Waals surface area contributed by atoms with Gasteiger partial charge in [-0.2, -0.15) is 0 Å². The molecule has 1 fully saturated rings. The second kappa shape index (κ2) is 7.03. The van der Waals surface area contributed by atoms with Crippen LogP contribution in [0.1, 0.15) is 23.7 Å². The van der Waals surface area contributed by atoms with E-state index in [0.29, 0.717) is 24.6 Å². The van der Waals surface area contributed by atoms with Gasteiger partial charge in [-0.25, -0.2) is 9.97 Å². The number of hydrogen-bond acceptors (Lipinski definition) is 5. The quantitative estimate of drug-likeness (QED) is 0.737. The Labute approximate surface area is 151 Å². The van der Waals surface area contributed by atoms with Crippen molar-refractivity contribution in [3.8, 4) is 5.88 Å². The van der Waals surface area contributed by atoms with Crippen molar-refractivity contribution in [2.45, 2.75) is 19.4 Å². The van der Waals surface area contributed by atoms with Crippen LogP contribution < -0.4 is 15.0 Å². The van der Waals surface area contributed by atoms with E-state index in [1.54, 1.807) is 12.4 Å². The molecule has 2 N–H and O–H groups in total. The Bertz CT molecular complexity index is 923. The number of benzene rings is 1. The van der Waals surface area contributed by atoms with Crippen LogP contribution in [0.15, 0.2) is 42.9 Å². The number of aromatic amines is 1. The Kier molecular flexibility index (Phi) is 4.43. The van der Waals surface area contributed by atoms with Crippen molar-refractivity contribution < 1.29 is 9.53 Å². The third-order valence-corrected chi connectivity index (χ3v) is 4.57. The molecule has 0 unspecified atom stereocenters. The summed E-state index contributed by atoms with van der Waals surface area (Å²) in [6.07, 6.45) is 6.02. The molecular formula is C19H21N5O2. The minimum absolute atomic E-state index is 0.0578. The lowest BCUT2D eigenvalue weighted by atomic mass is 10.1. The first-order valence-corrected chi connectivity index (χ1v) is 8.81. The van der Waals surface area contributed by atoms with E-state index >= 15 is 0 Å². The van der Waals surface area contributed by atoms with E-state index in [4.69, 9.17) is 4.74 Å². The van der Waals surface area contributed by atoms with Gasteiger partial charge < -0.3 is 19.9 Å². The number of nitrogens with zero attached hydrogens (tertiary/aromatic N) is 3. The highest BCUT2D eigenvalue weighted by atomic mass is 16.5. The van der Waals surface area contributed by atoms with Crippen molar-refractivity contribution in [1.29, 1.82) is 0 Å². The van der Waals surface area contributed by atoms with E-state index in [0.717, 1.165) is 29.7 Å². The molecule has 134 valence electrons. The van der Waals surface area contributed by atoms with E-state index in [2.05, 4.69) is 25.2 Å². The molecule has 1 aliphatic heterocycles. The number of amides is 1. The van der Waals surface area contributed by atoms with Gasteiger partial charge in [0.25, 0.3) is 11.8 Å². The Morgan fingerprint density at radius 1 is 1.35 bits per heavy atom. The van der Waals surface area contributed by atoms with Gasteiger partial charge >= 0.3 is 0 Å². The van der Waals surface area contributed by atoms with Gasteiger partial charge in [-0.3, -0.25) is 4.79 Å². The largest absolute Gasteiger partial charge is 0.475 e. The first-order valence-electron chi connectivity index (χ1n) is 8.81. The highest BCUT2D eigenvalue weighted by Crippen LogP contribution is 2.26. The molecule has 0 spiro atoms. The number of ether oxygens (including phenoxy) is 1. The molecule has 0 saturated carbocycles. The molecule has 0 radical (unpaired) electrons. The van der Waals surface area contributed by atoms with Gasteiger partial charge in [0.05, 0.1) is 6.61 Å². The highest BCUT2D eigenvalue weighted by Gasteiger charge is 2.27. The molecule has 4 rings (SSSR count). The summed E-state index contributed by atoms with van der Waals surface area (Å²) in [6, 6.07) is 7.75. The summed E-state index contributed by atoms with van der Waals surface area (Å²) in [5.41, 5.74) is 1.62. The van der Waals surface area contributed by atoms with Crippen molar-refractivity contribution >= 4 is 22.6 Å². The van der Waals surface area contributed by atoms with Crippen molar-refractivity contribution in [3.63, 3.8) is 0 Å². The standard InChI is InChI=1S/C19H21N5O2/c1-2-26-19-17(21-8-9-22-19)24-10-6-15(12-24)23-18(25)14-4-3-13-5-7-20-16(13)11-14/h3-5,7-9,11,15,20H,2,6,10,12H2,1H3,(H,23,25)/t15-/m1/s1. The molecule has 1 atom stereocenters. The lowest BCUT2D eigenvalue weighted by Gasteiger charge is -2.19. The first kappa shape index (κ1) is 16.4. The first-order chi connectivity index (χ1) is 12.7. The molecule has 1 aliphatic rings. The van der Waals surface area contributed by atoms with Crippen LogP contribution >= 0.6 is 0 Å². The highest BCUT2D eigenvalue weighted by molar-refractivity contribution is 5.98. The van der Waals surface area contributed by atoms with Crippen molar-refractivity contribution in [2.75, 3.05) is 24.6 Å². The van der Waals surface area contributed by atoms with Gasteiger partial charge in [-0.05, 0) is 36.9 Å². The predicted molar refractivity (Wildman–Crippen MR) is 99.6 cm³/mol. The maximum Gasteiger partial charge on any atom is 0.257 e. The molecule has 1 aromatic carbocycles. The van der Waals surface area contributed by atoms with Gasteiger partial charge in [0.15, 0.2) is 5.82 Å². The maximum absolute atomic E-state index is 12.6. The number of fused-ring (bicyclic) bond motifs is 1. The van der Waals surface area contributed by atoms with E-state index in [-0.39, 0.29) is 11.9 Å². The molecular weight excluding hydrogens is 330 g/mol. The fraction of sp³-hybridized carbons (Fsp3) is 0.316. The zero-order valence-electron chi connectivity index (χ0n) is 14.6. The molecule has 26 heavy (non-hydrogen) atoms. The van der Waals surface area contributed by atoms with Crippen LogP contribution in [-0.4, -0.2) is 46.6 Å². The van der Waals surface area contributed by atoms with Gasteiger partial charge in [-0.1, -0.05) is 6.07 Å². The lowest BCUT2D eigenvalue weighted by molar-refractivity contribution is 0.0940. The molecule has 7 heteroatoms. The van der Waals surface area contributed by atoms with Gasteiger partial charge in [-0.15, -0.1) is 0 Å². The van der Waals surface area contributed by atoms with E-state index in [1.165, 1.54) is 0 Å². The zero-order valence-corrected chi connectivity index (χ0v) is 14.6. The molecule has 0 aliphatic carbocycles. The molecule has 3 heterocycles. The molecule has 3 aromatic rings. The van der Waals surface area contributed by atoms with Crippen LogP contribution in [0.2, 0.25) is 0 Å². The summed E-state index contributed by atoms with van der Waals surface area (Å²) < 4.78 is 5.56. The number of nitrogens with one attached hydrogen (secondary N) is 2. The number of aromatic nitrogens is 3. The number of carbonyl (C=O) groups is 1. The van der Waals surface area contributed by atoms with Crippen LogP contribution in [0, 0.1) is 0 Å². The van der Waals surface area contributed by atoms with Gasteiger partial charge in [0, 0.05) is 48.8 Å². The Morgan fingerprint density at radius 2 is 2.23 bits per heavy atom. The monoisotopic (exact) mass is 351 g/mol. The Morgan fingerprint density at radius 3 is 3.12 bits per heavy atom. The summed E-state index contributed by atoms with van der Waals surface area (Å²) in [5, 5.41) is 4.22. The van der Waals surface area contributed by atoms with Crippen molar-refractivity contribution in [3.05, 3.63) is 48.4 Å². The van der Waals surface area contributed by atoms with Crippen LogP contribution in [0.3, 0.4) is 0 Å². The summed E-state index contributed by atoms with van der Waals surface area (Å²) in [4.78, 5) is 26.5. The van der Waals surface area contributed by atoms with Gasteiger partial charge in [0.1, 0.15) is 0 Å². The summed E-state index contributed by atoms with van der Waals surface area (Å²) in [5.74, 6) is 1.22. The third-order valence-electron chi connectivity index (χ3n) is 4.57. The zero-order chi connectivity index (χ0) is 17.9. The smallest absolute Gasteiger partial charge is 0.257 e. The minimum Gasteiger partial charge on any atom is -0.475 e. The van der Waals surface area contributed by atoms with E-state index in [9.17, 15) is 4.79 Å². The second-order valence-corrected chi connectivity index (χ2v) is 6.30. The lowest BCUT2D eigenvalue weighted by Crippen LogP contribution is -2.37. The average Bonchev–Trinajstić information content (AvgIpc) is 3.31. The predicted octanol–water partition coefficient (Wildman–Crippen LogP) is 2.37.